The molecular weight excluding hydrogens is 252 g/mol. The van der Waals surface area contributed by atoms with Crippen molar-refractivity contribution < 1.29 is 14.5 Å². The lowest BCUT2D eigenvalue weighted by atomic mass is 10.1. The molecule has 1 atom stereocenters. The molecule has 1 aromatic carbocycles. The molecule has 0 bridgehead atoms. The van der Waals surface area contributed by atoms with Crippen molar-refractivity contribution in [1.82, 2.24) is 0 Å². The van der Waals surface area contributed by atoms with E-state index in [-0.39, 0.29) is 17.9 Å². The summed E-state index contributed by atoms with van der Waals surface area (Å²) >= 11 is 0. The third-order valence-electron chi connectivity index (χ3n) is 4.40. The van der Waals surface area contributed by atoms with Crippen LogP contribution < -0.4 is 9.80 Å². The van der Waals surface area contributed by atoms with Crippen molar-refractivity contribution in [3.8, 4) is 0 Å². The predicted molar refractivity (Wildman–Crippen MR) is 76.6 cm³/mol. The van der Waals surface area contributed by atoms with Crippen molar-refractivity contribution in [1.29, 1.82) is 0 Å². The van der Waals surface area contributed by atoms with Gasteiger partial charge in [0, 0.05) is 0 Å². The molecule has 0 aliphatic carbocycles. The molecule has 2 aliphatic heterocycles. The van der Waals surface area contributed by atoms with Gasteiger partial charge in [-0.1, -0.05) is 12.1 Å². The molecule has 2 fully saturated rings. The zero-order valence-electron chi connectivity index (χ0n) is 11.9. The molecule has 1 aromatic rings. The van der Waals surface area contributed by atoms with Gasteiger partial charge in [-0.25, -0.2) is 4.90 Å². The number of nitrogens with one attached hydrogen (secondary N) is 1. The number of amides is 2. The van der Waals surface area contributed by atoms with Gasteiger partial charge in [0.1, 0.15) is 0 Å². The molecule has 4 heteroatoms. The van der Waals surface area contributed by atoms with Crippen LogP contribution in [-0.2, 0) is 9.59 Å². The average molecular weight is 273 g/mol. The standard InChI is InChI=1S/C16H20N2O2/c1-12-6-5-7-13(10-12)18-15(19)11-14(16(18)20)17-8-3-2-4-9-17/h5-7,10,14H,2-4,8-9,11H2,1H3/p+1/t14-/m0/s1. The van der Waals surface area contributed by atoms with E-state index in [1.807, 2.05) is 31.2 Å². The molecule has 1 N–H and O–H groups in total. The molecule has 0 spiro atoms. The fourth-order valence-corrected chi connectivity index (χ4v) is 3.34. The highest BCUT2D eigenvalue weighted by atomic mass is 16.2. The molecule has 3 rings (SSSR count). The van der Waals surface area contributed by atoms with E-state index in [1.54, 1.807) is 0 Å². The summed E-state index contributed by atoms with van der Waals surface area (Å²) in [4.78, 5) is 27.5. The minimum atomic E-state index is -0.164. The fourth-order valence-electron chi connectivity index (χ4n) is 3.34. The van der Waals surface area contributed by atoms with E-state index in [0.29, 0.717) is 6.42 Å². The van der Waals surface area contributed by atoms with Gasteiger partial charge in [-0.15, -0.1) is 0 Å². The zero-order valence-corrected chi connectivity index (χ0v) is 11.9. The first-order chi connectivity index (χ1) is 9.66. The summed E-state index contributed by atoms with van der Waals surface area (Å²) in [6.07, 6.45) is 3.94. The van der Waals surface area contributed by atoms with Crippen LogP contribution in [0.5, 0.6) is 0 Å². The Morgan fingerprint density at radius 1 is 1.15 bits per heavy atom. The number of rotatable bonds is 2. The summed E-state index contributed by atoms with van der Waals surface area (Å²) < 4.78 is 0. The Bertz CT molecular complexity index is 535. The molecule has 0 aromatic heterocycles. The molecule has 2 heterocycles. The van der Waals surface area contributed by atoms with Gasteiger partial charge in [-0.2, -0.15) is 0 Å². The van der Waals surface area contributed by atoms with E-state index in [1.165, 1.54) is 16.2 Å². The van der Waals surface area contributed by atoms with Gasteiger partial charge in [0.25, 0.3) is 5.91 Å². The molecular formula is C16H21N2O2+. The molecule has 20 heavy (non-hydrogen) atoms. The van der Waals surface area contributed by atoms with E-state index in [0.717, 1.165) is 37.2 Å². The SMILES string of the molecule is Cc1cccc(N2C(=O)C[C@H]([NH+]3CCCCC3)C2=O)c1. The number of aryl methyl sites for hydroxylation is 1. The van der Waals surface area contributed by atoms with E-state index >= 15 is 0 Å². The predicted octanol–water partition coefficient (Wildman–Crippen LogP) is 0.696. The quantitative estimate of drug-likeness (QED) is 0.806. The molecule has 2 amide bonds. The second-order valence-corrected chi connectivity index (χ2v) is 5.88. The lowest BCUT2D eigenvalue weighted by molar-refractivity contribution is -0.919. The van der Waals surface area contributed by atoms with Gasteiger partial charge in [-0.3, -0.25) is 9.59 Å². The number of hydrogen-bond donors (Lipinski definition) is 1. The molecule has 2 saturated heterocycles. The first-order valence-corrected chi connectivity index (χ1v) is 7.45. The number of likely N-dealkylation sites (tertiary alicyclic amines) is 1. The Kier molecular flexibility index (Phi) is 3.57. The van der Waals surface area contributed by atoms with E-state index in [2.05, 4.69) is 0 Å². The third-order valence-corrected chi connectivity index (χ3v) is 4.40. The van der Waals surface area contributed by atoms with Crippen LogP contribution in [0, 0.1) is 6.92 Å². The summed E-state index contributed by atoms with van der Waals surface area (Å²) in [5, 5.41) is 0. The monoisotopic (exact) mass is 273 g/mol. The Balaban J connectivity index is 1.83. The average Bonchev–Trinajstić information content (AvgIpc) is 2.75. The van der Waals surface area contributed by atoms with Gasteiger partial charge < -0.3 is 4.90 Å². The van der Waals surface area contributed by atoms with Crippen LogP contribution in [0.15, 0.2) is 24.3 Å². The summed E-state index contributed by atoms with van der Waals surface area (Å²) in [5.74, 6) is -0.0684. The second kappa shape index (κ2) is 5.37. The third kappa shape index (κ3) is 2.36. The summed E-state index contributed by atoms with van der Waals surface area (Å²) in [6.45, 7) is 4.01. The maximum atomic E-state index is 12.6. The van der Waals surface area contributed by atoms with Crippen LogP contribution >= 0.6 is 0 Å². The lowest BCUT2D eigenvalue weighted by Gasteiger charge is -2.27. The van der Waals surface area contributed by atoms with Gasteiger partial charge in [-0.05, 0) is 43.9 Å². The maximum absolute atomic E-state index is 12.6. The lowest BCUT2D eigenvalue weighted by Crippen LogP contribution is -3.17. The summed E-state index contributed by atoms with van der Waals surface area (Å²) in [6, 6.07) is 7.46. The van der Waals surface area contributed by atoms with Crippen LogP contribution in [-0.4, -0.2) is 30.9 Å². The Morgan fingerprint density at radius 3 is 2.60 bits per heavy atom. The first-order valence-electron chi connectivity index (χ1n) is 7.45. The number of quaternary nitrogens is 1. The molecule has 4 nitrogen and oxygen atoms in total. The zero-order chi connectivity index (χ0) is 14.1. The highest BCUT2D eigenvalue weighted by Gasteiger charge is 2.45. The highest BCUT2D eigenvalue weighted by Crippen LogP contribution is 2.23. The first kappa shape index (κ1) is 13.3. The number of imide groups is 1. The molecule has 0 radical (unpaired) electrons. The highest BCUT2D eigenvalue weighted by molar-refractivity contribution is 6.21. The van der Waals surface area contributed by atoms with Gasteiger partial charge in [0.05, 0.1) is 25.2 Å². The number of nitrogens with zero attached hydrogens (tertiary/aromatic N) is 1. The molecule has 106 valence electrons. The smallest absolute Gasteiger partial charge is 0.292 e. The molecule has 0 saturated carbocycles. The van der Waals surface area contributed by atoms with Crippen molar-refractivity contribution in [3.05, 3.63) is 29.8 Å². The molecule has 2 aliphatic rings. The molecule has 0 unspecified atom stereocenters. The number of carbonyl (C=O) groups is 2. The van der Waals surface area contributed by atoms with E-state index < -0.39 is 0 Å². The van der Waals surface area contributed by atoms with Gasteiger partial charge >= 0.3 is 0 Å². The van der Waals surface area contributed by atoms with Crippen molar-refractivity contribution in [2.45, 2.75) is 38.6 Å². The van der Waals surface area contributed by atoms with Crippen LogP contribution in [0.2, 0.25) is 0 Å². The Morgan fingerprint density at radius 2 is 1.90 bits per heavy atom. The maximum Gasteiger partial charge on any atom is 0.292 e. The van der Waals surface area contributed by atoms with Gasteiger partial charge in [0.15, 0.2) is 6.04 Å². The van der Waals surface area contributed by atoms with Crippen LogP contribution in [0.1, 0.15) is 31.2 Å². The van der Waals surface area contributed by atoms with Crippen LogP contribution in [0.25, 0.3) is 0 Å². The minimum Gasteiger partial charge on any atom is -0.324 e. The summed E-state index contributed by atoms with van der Waals surface area (Å²) in [7, 11) is 0. The minimum absolute atomic E-state index is 0.0162. The Labute approximate surface area is 119 Å². The number of benzene rings is 1. The summed E-state index contributed by atoms with van der Waals surface area (Å²) in [5.41, 5.74) is 1.79. The Hall–Kier alpha value is -1.68. The van der Waals surface area contributed by atoms with Crippen molar-refractivity contribution in [2.75, 3.05) is 18.0 Å². The second-order valence-electron chi connectivity index (χ2n) is 5.88. The van der Waals surface area contributed by atoms with Gasteiger partial charge in [0.2, 0.25) is 5.91 Å². The van der Waals surface area contributed by atoms with E-state index in [9.17, 15) is 9.59 Å². The van der Waals surface area contributed by atoms with Crippen molar-refractivity contribution in [3.63, 3.8) is 0 Å². The fraction of sp³-hybridized carbons (Fsp3) is 0.500. The number of carbonyl (C=O) groups excluding carboxylic acids is 2. The van der Waals surface area contributed by atoms with Crippen molar-refractivity contribution in [2.24, 2.45) is 0 Å². The largest absolute Gasteiger partial charge is 0.324 e. The topological polar surface area (TPSA) is 41.8 Å². The normalized spacial score (nSPS) is 24.4. The van der Waals surface area contributed by atoms with Crippen LogP contribution in [0.3, 0.4) is 0 Å². The number of anilines is 1. The van der Waals surface area contributed by atoms with E-state index in [4.69, 9.17) is 0 Å². The number of hydrogen-bond acceptors (Lipinski definition) is 2. The van der Waals surface area contributed by atoms with Crippen molar-refractivity contribution >= 4 is 17.5 Å². The van der Waals surface area contributed by atoms with Crippen LogP contribution in [0.4, 0.5) is 5.69 Å². The number of piperidine rings is 1.